The number of nitrogens with one attached hydrogen (secondary N) is 2. The van der Waals surface area contributed by atoms with Gasteiger partial charge in [-0.05, 0) is 65.6 Å². The molecule has 0 saturated carbocycles. The highest BCUT2D eigenvalue weighted by Crippen LogP contribution is 2.26. The molecular weight excluding hydrogens is 440 g/mol. The number of benzene rings is 4. The molecule has 0 aliphatic heterocycles. The number of allylic oxidation sites excluding steroid dienone is 1. The molecule has 3 nitrogen and oxygen atoms in total. The first-order chi connectivity index (χ1) is 16.6. The van der Waals surface area contributed by atoms with Crippen molar-refractivity contribution in [1.82, 2.24) is 5.32 Å². The van der Waals surface area contributed by atoms with Crippen molar-refractivity contribution in [3.8, 4) is 0 Å². The average molecular weight is 469 g/mol. The normalized spacial score (nSPS) is 13.1. The smallest absolute Gasteiger partial charge is 0.238 e. The van der Waals surface area contributed by atoms with Crippen LogP contribution in [0, 0.1) is 0 Å². The molecule has 4 aromatic carbocycles. The van der Waals surface area contributed by atoms with Gasteiger partial charge in [0.05, 0.1) is 6.54 Å². The lowest BCUT2D eigenvalue weighted by Gasteiger charge is -2.24. The van der Waals surface area contributed by atoms with Crippen LogP contribution in [0.2, 0.25) is 5.02 Å². The van der Waals surface area contributed by atoms with Gasteiger partial charge in [-0.3, -0.25) is 4.79 Å². The van der Waals surface area contributed by atoms with Crippen molar-refractivity contribution in [2.45, 2.75) is 25.3 Å². The van der Waals surface area contributed by atoms with Gasteiger partial charge in [-0.1, -0.05) is 90.5 Å². The molecule has 1 amide bonds. The summed E-state index contributed by atoms with van der Waals surface area (Å²) < 4.78 is 0. The number of fused-ring (bicyclic) bond motifs is 1. The van der Waals surface area contributed by atoms with E-state index in [0.29, 0.717) is 0 Å². The fourth-order valence-electron chi connectivity index (χ4n) is 4.12. The summed E-state index contributed by atoms with van der Waals surface area (Å²) in [5.74, 6) is 0.137. The summed E-state index contributed by atoms with van der Waals surface area (Å²) in [5.41, 5.74) is 3.17. The minimum absolute atomic E-state index is 0.0559. The Morgan fingerprint density at radius 3 is 2.35 bits per heavy atom. The Morgan fingerprint density at radius 1 is 0.882 bits per heavy atom. The lowest BCUT2D eigenvalue weighted by Crippen LogP contribution is -2.38. The van der Waals surface area contributed by atoms with Crippen molar-refractivity contribution in [3.05, 3.63) is 119 Å². The topological polar surface area (TPSA) is 41.1 Å². The molecule has 4 aromatic rings. The van der Waals surface area contributed by atoms with Gasteiger partial charge in [-0.2, -0.15) is 0 Å². The molecule has 0 bridgehead atoms. The largest absolute Gasteiger partial charge is 0.325 e. The van der Waals surface area contributed by atoms with Crippen molar-refractivity contribution >= 4 is 40.0 Å². The van der Waals surface area contributed by atoms with Crippen LogP contribution in [0.4, 0.5) is 5.69 Å². The van der Waals surface area contributed by atoms with E-state index < -0.39 is 0 Å². The van der Waals surface area contributed by atoms with Gasteiger partial charge < -0.3 is 10.6 Å². The average Bonchev–Trinajstić information content (AvgIpc) is 2.86. The van der Waals surface area contributed by atoms with E-state index in [1.165, 1.54) is 21.9 Å². The molecule has 0 fully saturated rings. The zero-order valence-electron chi connectivity index (χ0n) is 19.2. The predicted molar refractivity (Wildman–Crippen MR) is 144 cm³/mol. The fourth-order valence-corrected chi connectivity index (χ4v) is 4.25. The molecule has 4 rings (SSSR count). The molecule has 0 aromatic heterocycles. The second-order valence-corrected chi connectivity index (χ2v) is 8.92. The summed E-state index contributed by atoms with van der Waals surface area (Å²) in [5, 5.41) is 9.53. The molecule has 172 valence electrons. The molecule has 0 spiro atoms. The second-order valence-electron chi connectivity index (χ2n) is 8.49. The molecular formula is C30H29ClN2O. The third kappa shape index (κ3) is 6.57. The van der Waals surface area contributed by atoms with Crippen LogP contribution in [-0.4, -0.2) is 18.5 Å². The number of halogens is 1. The summed E-state index contributed by atoms with van der Waals surface area (Å²) in [6.07, 6.45) is 5.22. The Morgan fingerprint density at radius 2 is 1.59 bits per heavy atom. The van der Waals surface area contributed by atoms with Crippen molar-refractivity contribution in [1.29, 1.82) is 0 Å². The highest BCUT2D eigenvalue weighted by atomic mass is 35.5. The fraction of sp³-hybridized carbons (Fsp3) is 0.167. The minimum Gasteiger partial charge on any atom is -0.325 e. The van der Waals surface area contributed by atoms with E-state index in [1.807, 2.05) is 42.5 Å². The van der Waals surface area contributed by atoms with Gasteiger partial charge in [0.2, 0.25) is 5.91 Å². The SMILES string of the molecule is CC(NCC(=O)Nc1ccccc1)C(C/C=C/c1ccc2ccccc2c1)c1ccc(Cl)cc1. The van der Waals surface area contributed by atoms with Crippen LogP contribution in [0.5, 0.6) is 0 Å². The van der Waals surface area contributed by atoms with Crippen LogP contribution in [0.15, 0.2) is 103 Å². The summed E-state index contributed by atoms with van der Waals surface area (Å²) in [7, 11) is 0. The van der Waals surface area contributed by atoms with Crippen LogP contribution in [0.3, 0.4) is 0 Å². The van der Waals surface area contributed by atoms with Gasteiger partial charge in [0, 0.05) is 22.7 Å². The van der Waals surface area contributed by atoms with E-state index in [-0.39, 0.29) is 24.4 Å². The van der Waals surface area contributed by atoms with E-state index in [2.05, 4.69) is 84.3 Å². The third-order valence-corrected chi connectivity index (χ3v) is 6.27. The number of para-hydroxylation sites is 1. The highest BCUT2D eigenvalue weighted by molar-refractivity contribution is 6.30. The van der Waals surface area contributed by atoms with E-state index in [9.17, 15) is 4.79 Å². The minimum atomic E-state index is -0.0559. The number of hydrogen-bond acceptors (Lipinski definition) is 2. The third-order valence-electron chi connectivity index (χ3n) is 6.02. The van der Waals surface area contributed by atoms with Crippen LogP contribution < -0.4 is 10.6 Å². The molecule has 0 saturated heterocycles. The maximum Gasteiger partial charge on any atom is 0.238 e. The molecule has 2 atom stereocenters. The molecule has 0 aliphatic carbocycles. The monoisotopic (exact) mass is 468 g/mol. The van der Waals surface area contributed by atoms with Gasteiger partial charge >= 0.3 is 0 Å². The molecule has 2 unspecified atom stereocenters. The Labute approximate surface area is 206 Å². The Bertz CT molecular complexity index is 1250. The molecule has 4 heteroatoms. The molecule has 2 N–H and O–H groups in total. The molecule has 34 heavy (non-hydrogen) atoms. The number of anilines is 1. The molecule has 0 heterocycles. The lowest BCUT2D eigenvalue weighted by molar-refractivity contribution is -0.115. The van der Waals surface area contributed by atoms with Gasteiger partial charge in [-0.15, -0.1) is 0 Å². The number of rotatable bonds is 9. The first kappa shape index (κ1) is 23.7. The van der Waals surface area contributed by atoms with Crippen molar-refractivity contribution in [3.63, 3.8) is 0 Å². The Balaban J connectivity index is 1.43. The number of amides is 1. The number of carbonyl (C=O) groups excluding carboxylic acids is 1. The Hall–Kier alpha value is -3.40. The zero-order valence-corrected chi connectivity index (χ0v) is 20.0. The van der Waals surface area contributed by atoms with E-state index in [0.717, 1.165) is 17.1 Å². The summed E-state index contributed by atoms with van der Waals surface area (Å²) >= 11 is 6.13. The highest BCUT2D eigenvalue weighted by Gasteiger charge is 2.19. The van der Waals surface area contributed by atoms with E-state index in [4.69, 9.17) is 11.6 Å². The lowest BCUT2D eigenvalue weighted by atomic mass is 9.89. The maximum atomic E-state index is 12.4. The van der Waals surface area contributed by atoms with Gasteiger partial charge in [-0.25, -0.2) is 0 Å². The second kappa shape index (κ2) is 11.6. The maximum absolute atomic E-state index is 12.4. The van der Waals surface area contributed by atoms with Crippen LogP contribution in [0.25, 0.3) is 16.8 Å². The zero-order chi connectivity index (χ0) is 23.8. The number of hydrogen-bond donors (Lipinski definition) is 2. The van der Waals surface area contributed by atoms with E-state index in [1.54, 1.807) is 0 Å². The van der Waals surface area contributed by atoms with Crippen molar-refractivity contribution in [2.24, 2.45) is 0 Å². The first-order valence-corrected chi connectivity index (χ1v) is 12.0. The predicted octanol–water partition coefficient (Wildman–Crippen LogP) is 7.30. The van der Waals surface area contributed by atoms with Crippen molar-refractivity contribution in [2.75, 3.05) is 11.9 Å². The van der Waals surface area contributed by atoms with Crippen LogP contribution in [0.1, 0.15) is 30.4 Å². The van der Waals surface area contributed by atoms with E-state index >= 15 is 0 Å². The van der Waals surface area contributed by atoms with Crippen molar-refractivity contribution < 1.29 is 4.79 Å². The standard InChI is InChI=1S/C30H29ClN2O/c1-22(32-21-30(34)33-28-11-3-2-4-12-28)29(25-16-18-27(31)19-17-25)13-7-8-23-14-15-24-9-5-6-10-26(24)20-23/h2-12,14-20,22,29,32H,13,21H2,1H3,(H,33,34)/b8-7+. The summed E-state index contributed by atoms with van der Waals surface area (Å²) in [6.45, 7) is 2.37. The number of carbonyl (C=O) groups is 1. The first-order valence-electron chi connectivity index (χ1n) is 11.6. The van der Waals surface area contributed by atoms with Crippen LogP contribution in [-0.2, 0) is 4.79 Å². The van der Waals surface area contributed by atoms with Gasteiger partial charge in [0.25, 0.3) is 0 Å². The quantitative estimate of drug-likeness (QED) is 0.270. The molecule has 0 aliphatic rings. The van der Waals surface area contributed by atoms with Gasteiger partial charge in [0.15, 0.2) is 0 Å². The van der Waals surface area contributed by atoms with Gasteiger partial charge in [0.1, 0.15) is 0 Å². The summed E-state index contributed by atoms with van der Waals surface area (Å²) in [4.78, 5) is 12.4. The summed E-state index contributed by atoms with van der Waals surface area (Å²) in [6, 6.07) is 32.5. The van der Waals surface area contributed by atoms with Crippen LogP contribution >= 0.6 is 11.6 Å². The Kier molecular flexibility index (Phi) is 8.13. The molecule has 0 radical (unpaired) electrons.